The van der Waals surface area contributed by atoms with E-state index in [1.807, 2.05) is 19.2 Å². The Hall–Kier alpha value is -2.35. The van der Waals surface area contributed by atoms with E-state index in [2.05, 4.69) is 25.8 Å². The number of nitrogens with zero attached hydrogens (tertiary/aromatic N) is 5. The van der Waals surface area contributed by atoms with E-state index >= 15 is 0 Å². The molecule has 0 unspecified atom stereocenters. The Morgan fingerprint density at radius 1 is 1.45 bits per heavy atom. The van der Waals surface area contributed by atoms with Crippen molar-refractivity contribution in [3.05, 3.63) is 40.0 Å². The molecule has 0 bridgehead atoms. The van der Waals surface area contributed by atoms with Crippen LogP contribution >= 0.6 is 11.3 Å². The molecule has 0 aromatic carbocycles. The van der Waals surface area contributed by atoms with Crippen molar-refractivity contribution in [2.75, 3.05) is 0 Å². The summed E-state index contributed by atoms with van der Waals surface area (Å²) >= 11 is 1.57. The molecule has 1 atom stereocenters. The van der Waals surface area contributed by atoms with Gasteiger partial charge < -0.3 is 5.32 Å². The van der Waals surface area contributed by atoms with E-state index < -0.39 is 0 Å². The maximum absolute atomic E-state index is 12.2. The fourth-order valence-electron chi connectivity index (χ4n) is 1.81. The van der Waals surface area contributed by atoms with Crippen molar-refractivity contribution in [3.8, 4) is 0 Å². The van der Waals surface area contributed by atoms with Crippen LogP contribution in [-0.2, 0) is 0 Å². The highest BCUT2D eigenvalue weighted by atomic mass is 32.1. The highest BCUT2D eigenvalue weighted by molar-refractivity contribution is 7.09. The lowest BCUT2D eigenvalue weighted by Crippen LogP contribution is -2.27. The first-order valence-electron chi connectivity index (χ1n) is 6.04. The summed E-state index contributed by atoms with van der Waals surface area (Å²) < 4.78 is 1.46. The lowest BCUT2D eigenvalue weighted by molar-refractivity contribution is 0.0938. The van der Waals surface area contributed by atoms with Crippen LogP contribution in [0.4, 0.5) is 0 Å². The molecular weight excluding hydrogens is 276 g/mol. The average molecular weight is 288 g/mol. The predicted molar refractivity (Wildman–Crippen MR) is 73.5 cm³/mol. The number of hydrogen-bond acceptors (Lipinski definition) is 6. The molecule has 3 aromatic heterocycles. The van der Waals surface area contributed by atoms with Gasteiger partial charge in [0.2, 0.25) is 0 Å². The topological polar surface area (TPSA) is 85.1 Å². The fourth-order valence-corrected chi connectivity index (χ4v) is 2.51. The number of carbonyl (C=O) groups is 1. The van der Waals surface area contributed by atoms with Crippen LogP contribution in [0.15, 0.2) is 23.7 Å². The minimum atomic E-state index is -0.180. The SMILES string of the molecule is Cc1nc([C@H](C)NC(=O)c2ccc3nnnn3c2)cs1. The van der Waals surface area contributed by atoms with E-state index in [0.717, 1.165) is 10.7 Å². The van der Waals surface area contributed by atoms with Crippen molar-refractivity contribution in [2.45, 2.75) is 19.9 Å². The Morgan fingerprint density at radius 3 is 3.05 bits per heavy atom. The average Bonchev–Trinajstić information content (AvgIpc) is 3.05. The number of aromatic nitrogens is 5. The first kappa shape index (κ1) is 12.7. The Balaban J connectivity index is 1.78. The summed E-state index contributed by atoms with van der Waals surface area (Å²) in [5.74, 6) is -0.180. The summed E-state index contributed by atoms with van der Waals surface area (Å²) in [6.07, 6.45) is 1.60. The van der Waals surface area contributed by atoms with Gasteiger partial charge in [-0.1, -0.05) is 0 Å². The van der Waals surface area contributed by atoms with Gasteiger partial charge in [0.1, 0.15) is 0 Å². The molecule has 20 heavy (non-hydrogen) atoms. The van der Waals surface area contributed by atoms with Crippen LogP contribution in [-0.4, -0.2) is 30.9 Å². The summed E-state index contributed by atoms with van der Waals surface area (Å²) in [7, 11) is 0. The molecule has 0 aliphatic carbocycles. The molecule has 3 aromatic rings. The highest BCUT2D eigenvalue weighted by Gasteiger charge is 2.14. The lowest BCUT2D eigenvalue weighted by Gasteiger charge is -2.11. The van der Waals surface area contributed by atoms with Gasteiger partial charge in [0.05, 0.1) is 22.3 Å². The summed E-state index contributed by atoms with van der Waals surface area (Å²) in [4.78, 5) is 16.5. The molecule has 3 rings (SSSR count). The van der Waals surface area contributed by atoms with E-state index in [1.54, 1.807) is 29.7 Å². The molecular formula is C12H12N6OS. The molecule has 0 aliphatic heterocycles. The number of thiazole rings is 1. The second-order valence-corrected chi connectivity index (χ2v) is 5.45. The number of amides is 1. The minimum absolute atomic E-state index is 0.142. The molecule has 0 saturated heterocycles. The van der Waals surface area contributed by atoms with Gasteiger partial charge in [-0.2, -0.15) is 4.52 Å². The van der Waals surface area contributed by atoms with Crippen LogP contribution in [0.2, 0.25) is 0 Å². The monoisotopic (exact) mass is 288 g/mol. The van der Waals surface area contributed by atoms with Crippen molar-refractivity contribution in [3.63, 3.8) is 0 Å². The number of pyridine rings is 1. The molecule has 0 spiro atoms. The molecule has 0 aliphatic rings. The van der Waals surface area contributed by atoms with Crippen molar-refractivity contribution in [1.82, 2.24) is 30.3 Å². The molecule has 102 valence electrons. The zero-order valence-electron chi connectivity index (χ0n) is 10.9. The molecule has 1 N–H and O–H groups in total. The Morgan fingerprint density at radius 2 is 2.30 bits per heavy atom. The zero-order valence-corrected chi connectivity index (χ0v) is 11.8. The zero-order chi connectivity index (χ0) is 14.1. The normalized spacial score (nSPS) is 12.5. The fraction of sp³-hybridized carbons (Fsp3) is 0.250. The number of nitrogens with one attached hydrogen (secondary N) is 1. The van der Waals surface area contributed by atoms with Crippen LogP contribution < -0.4 is 5.32 Å². The largest absolute Gasteiger partial charge is 0.344 e. The lowest BCUT2D eigenvalue weighted by atomic mass is 10.2. The van der Waals surface area contributed by atoms with Crippen molar-refractivity contribution < 1.29 is 4.79 Å². The molecule has 0 saturated carbocycles. The smallest absolute Gasteiger partial charge is 0.253 e. The number of tetrazole rings is 1. The van der Waals surface area contributed by atoms with Gasteiger partial charge in [-0.25, -0.2) is 4.98 Å². The van der Waals surface area contributed by atoms with Crippen LogP contribution in [0.3, 0.4) is 0 Å². The third kappa shape index (κ3) is 2.37. The molecule has 8 heteroatoms. The van der Waals surface area contributed by atoms with Crippen molar-refractivity contribution in [1.29, 1.82) is 0 Å². The maximum Gasteiger partial charge on any atom is 0.253 e. The number of hydrogen-bond donors (Lipinski definition) is 1. The first-order chi connectivity index (χ1) is 9.63. The van der Waals surface area contributed by atoms with Crippen molar-refractivity contribution >= 4 is 22.9 Å². The van der Waals surface area contributed by atoms with Crippen molar-refractivity contribution in [2.24, 2.45) is 0 Å². The van der Waals surface area contributed by atoms with Crippen LogP contribution in [0.5, 0.6) is 0 Å². The summed E-state index contributed by atoms with van der Waals surface area (Å²) in [6, 6.07) is 3.25. The molecule has 1 amide bonds. The van der Waals surface area contributed by atoms with E-state index in [9.17, 15) is 4.79 Å². The minimum Gasteiger partial charge on any atom is -0.344 e. The van der Waals surface area contributed by atoms with Gasteiger partial charge in [-0.05, 0) is 36.4 Å². The summed E-state index contributed by atoms with van der Waals surface area (Å²) in [6.45, 7) is 3.84. The van der Waals surface area contributed by atoms with Gasteiger partial charge in [-0.15, -0.1) is 16.4 Å². The third-order valence-corrected chi connectivity index (χ3v) is 3.67. The van der Waals surface area contributed by atoms with Gasteiger partial charge in [0.25, 0.3) is 5.91 Å². The molecule has 3 heterocycles. The van der Waals surface area contributed by atoms with Crippen LogP contribution in [0.1, 0.15) is 34.0 Å². The summed E-state index contributed by atoms with van der Waals surface area (Å²) in [5, 5.41) is 16.9. The van der Waals surface area contributed by atoms with Gasteiger partial charge in [0.15, 0.2) is 5.65 Å². The quantitative estimate of drug-likeness (QED) is 0.787. The third-order valence-electron chi connectivity index (χ3n) is 2.88. The van der Waals surface area contributed by atoms with Crippen LogP contribution in [0, 0.1) is 6.92 Å². The van der Waals surface area contributed by atoms with Gasteiger partial charge in [0, 0.05) is 11.6 Å². The number of rotatable bonds is 3. The number of carbonyl (C=O) groups excluding carboxylic acids is 1. The van der Waals surface area contributed by atoms with E-state index in [0.29, 0.717) is 11.2 Å². The van der Waals surface area contributed by atoms with E-state index in [4.69, 9.17) is 0 Å². The maximum atomic E-state index is 12.2. The predicted octanol–water partition coefficient (Wildman–Crippen LogP) is 1.38. The standard InChI is InChI=1S/C12H12N6OS/c1-7(10-6-20-8(2)14-10)13-12(19)9-3-4-11-15-16-17-18(11)5-9/h3-7H,1-2H3,(H,13,19)/t7-/m0/s1. The van der Waals surface area contributed by atoms with E-state index in [-0.39, 0.29) is 11.9 Å². The summed E-state index contributed by atoms with van der Waals surface area (Å²) in [5.41, 5.74) is 1.97. The Kier molecular flexibility index (Phi) is 3.15. The molecule has 7 nitrogen and oxygen atoms in total. The highest BCUT2D eigenvalue weighted by Crippen LogP contribution is 2.16. The number of fused-ring (bicyclic) bond motifs is 1. The second-order valence-electron chi connectivity index (χ2n) is 4.39. The Bertz CT molecular complexity index is 764. The van der Waals surface area contributed by atoms with Crippen LogP contribution in [0.25, 0.3) is 5.65 Å². The second kappa shape index (κ2) is 4.97. The Labute approximate surface area is 118 Å². The first-order valence-corrected chi connectivity index (χ1v) is 6.92. The molecule has 0 fully saturated rings. The number of aryl methyl sites for hydroxylation is 1. The van der Waals surface area contributed by atoms with Gasteiger partial charge >= 0.3 is 0 Å². The van der Waals surface area contributed by atoms with E-state index in [1.165, 1.54) is 4.52 Å². The van der Waals surface area contributed by atoms with Gasteiger partial charge in [-0.3, -0.25) is 4.79 Å². The molecule has 0 radical (unpaired) electrons.